The molecule has 7 nitrogen and oxygen atoms in total. The summed E-state index contributed by atoms with van der Waals surface area (Å²) in [5.74, 6) is 0.762. The first-order valence-corrected chi connectivity index (χ1v) is 5.68. The Morgan fingerprint density at radius 2 is 2.29 bits per heavy atom. The van der Waals surface area contributed by atoms with E-state index in [0.29, 0.717) is 51.6 Å². The maximum absolute atomic E-state index is 11.7. The fourth-order valence-electron chi connectivity index (χ4n) is 1.62. The lowest BCUT2D eigenvalue weighted by molar-refractivity contribution is -0.134. The van der Waals surface area contributed by atoms with E-state index in [-0.39, 0.29) is 5.91 Å². The zero-order valence-corrected chi connectivity index (χ0v) is 9.59. The van der Waals surface area contributed by atoms with Gasteiger partial charge in [0.15, 0.2) is 5.82 Å². The predicted octanol–water partition coefficient (Wildman–Crippen LogP) is -0.939. The van der Waals surface area contributed by atoms with Crippen LogP contribution in [-0.2, 0) is 16.0 Å². The number of carbonyl (C=O) groups is 1. The van der Waals surface area contributed by atoms with Crippen molar-refractivity contribution in [2.45, 2.75) is 6.42 Å². The van der Waals surface area contributed by atoms with Crippen LogP contribution in [0, 0.1) is 0 Å². The van der Waals surface area contributed by atoms with Gasteiger partial charge in [-0.25, -0.2) is 0 Å². The maximum atomic E-state index is 11.7. The van der Waals surface area contributed by atoms with Crippen LogP contribution in [-0.4, -0.2) is 60.3 Å². The van der Waals surface area contributed by atoms with Crippen LogP contribution in [0.25, 0.3) is 0 Å². The van der Waals surface area contributed by atoms with Gasteiger partial charge in [0, 0.05) is 26.1 Å². The molecule has 0 bridgehead atoms. The summed E-state index contributed by atoms with van der Waals surface area (Å²) in [6, 6.07) is 0. The summed E-state index contributed by atoms with van der Waals surface area (Å²) in [7, 11) is 0. The average Bonchev–Trinajstić information content (AvgIpc) is 2.88. The number of rotatable bonds is 5. The molecular weight excluding hydrogens is 224 g/mol. The lowest BCUT2D eigenvalue weighted by Gasteiger charge is -2.26. The molecule has 0 unspecified atom stereocenters. The molecule has 1 aromatic heterocycles. The first-order valence-electron chi connectivity index (χ1n) is 5.68. The van der Waals surface area contributed by atoms with E-state index >= 15 is 0 Å². The summed E-state index contributed by atoms with van der Waals surface area (Å²) in [6.07, 6.45) is 1.96. The van der Waals surface area contributed by atoms with E-state index in [1.165, 1.54) is 6.39 Å². The highest BCUT2D eigenvalue weighted by Crippen LogP contribution is 1.96. The SMILES string of the molecule is O=C(CNCCc1ncon1)N1CCOCC1. The van der Waals surface area contributed by atoms with Gasteiger partial charge in [0.2, 0.25) is 12.3 Å². The molecule has 1 aliphatic rings. The molecule has 1 saturated heterocycles. The van der Waals surface area contributed by atoms with Gasteiger partial charge in [-0.3, -0.25) is 4.79 Å². The van der Waals surface area contributed by atoms with Crippen LogP contribution in [0.4, 0.5) is 0 Å². The van der Waals surface area contributed by atoms with Crippen LogP contribution in [0.5, 0.6) is 0 Å². The number of nitrogens with one attached hydrogen (secondary N) is 1. The molecule has 7 heteroatoms. The second kappa shape index (κ2) is 6.31. The molecule has 2 heterocycles. The van der Waals surface area contributed by atoms with Gasteiger partial charge in [0.1, 0.15) is 0 Å². The third-order valence-corrected chi connectivity index (χ3v) is 2.57. The Hall–Kier alpha value is -1.47. The average molecular weight is 240 g/mol. The van der Waals surface area contributed by atoms with Crippen molar-refractivity contribution in [1.29, 1.82) is 0 Å². The fraction of sp³-hybridized carbons (Fsp3) is 0.700. The highest BCUT2D eigenvalue weighted by Gasteiger charge is 2.15. The van der Waals surface area contributed by atoms with Crippen molar-refractivity contribution in [2.75, 3.05) is 39.4 Å². The van der Waals surface area contributed by atoms with Gasteiger partial charge in [-0.1, -0.05) is 5.16 Å². The summed E-state index contributed by atoms with van der Waals surface area (Å²) >= 11 is 0. The molecule has 0 spiro atoms. The van der Waals surface area contributed by atoms with E-state index in [4.69, 9.17) is 4.74 Å². The molecule has 1 aliphatic heterocycles. The monoisotopic (exact) mass is 240 g/mol. The van der Waals surface area contributed by atoms with E-state index in [2.05, 4.69) is 20.0 Å². The summed E-state index contributed by atoms with van der Waals surface area (Å²) in [6.45, 7) is 3.65. The summed E-state index contributed by atoms with van der Waals surface area (Å²) < 4.78 is 9.79. The van der Waals surface area contributed by atoms with Gasteiger partial charge in [0.05, 0.1) is 19.8 Å². The van der Waals surface area contributed by atoms with Crippen LogP contribution in [0.1, 0.15) is 5.82 Å². The lowest BCUT2D eigenvalue weighted by atomic mass is 10.3. The van der Waals surface area contributed by atoms with Crippen LogP contribution < -0.4 is 5.32 Å². The van der Waals surface area contributed by atoms with Crippen molar-refractivity contribution in [3.8, 4) is 0 Å². The minimum atomic E-state index is 0.112. The van der Waals surface area contributed by atoms with Gasteiger partial charge >= 0.3 is 0 Å². The topological polar surface area (TPSA) is 80.5 Å². The Kier molecular flexibility index (Phi) is 4.45. The molecule has 0 aliphatic carbocycles. The summed E-state index contributed by atoms with van der Waals surface area (Å²) in [5.41, 5.74) is 0. The van der Waals surface area contributed by atoms with Gasteiger partial charge in [-0.2, -0.15) is 4.98 Å². The largest absolute Gasteiger partial charge is 0.378 e. The van der Waals surface area contributed by atoms with Crippen LogP contribution in [0.2, 0.25) is 0 Å². The van der Waals surface area contributed by atoms with Crippen LogP contribution in [0.3, 0.4) is 0 Å². The molecule has 1 aromatic rings. The molecule has 17 heavy (non-hydrogen) atoms. The van der Waals surface area contributed by atoms with Crippen molar-refractivity contribution in [3.05, 3.63) is 12.2 Å². The number of ether oxygens (including phenoxy) is 1. The molecule has 1 fully saturated rings. The predicted molar refractivity (Wildman–Crippen MR) is 58.3 cm³/mol. The van der Waals surface area contributed by atoms with Crippen molar-refractivity contribution >= 4 is 5.91 Å². The Balaban J connectivity index is 1.59. The smallest absolute Gasteiger partial charge is 0.236 e. The lowest BCUT2D eigenvalue weighted by Crippen LogP contribution is -2.44. The fourth-order valence-corrected chi connectivity index (χ4v) is 1.62. The second-order valence-electron chi connectivity index (χ2n) is 3.77. The van der Waals surface area contributed by atoms with E-state index in [9.17, 15) is 4.79 Å². The molecule has 0 atom stereocenters. The number of amides is 1. The Bertz CT molecular complexity index is 335. The van der Waals surface area contributed by atoms with Gasteiger partial charge in [0.25, 0.3) is 0 Å². The van der Waals surface area contributed by atoms with Crippen molar-refractivity contribution < 1.29 is 14.1 Å². The number of morpholine rings is 1. The van der Waals surface area contributed by atoms with E-state index < -0.39 is 0 Å². The van der Waals surface area contributed by atoms with Crippen molar-refractivity contribution in [1.82, 2.24) is 20.4 Å². The molecule has 94 valence electrons. The minimum absolute atomic E-state index is 0.112. The second-order valence-corrected chi connectivity index (χ2v) is 3.77. The van der Waals surface area contributed by atoms with Gasteiger partial charge < -0.3 is 19.5 Å². The molecule has 1 amide bonds. The highest BCUT2D eigenvalue weighted by atomic mass is 16.5. The number of hydrogen-bond donors (Lipinski definition) is 1. The quantitative estimate of drug-likeness (QED) is 0.669. The van der Waals surface area contributed by atoms with Crippen molar-refractivity contribution in [3.63, 3.8) is 0 Å². The van der Waals surface area contributed by atoms with Gasteiger partial charge in [-0.15, -0.1) is 0 Å². The maximum Gasteiger partial charge on any atom is 0.236 e. The van der Waals surface area contributed by atoms with E-state index in [0.717, 1.165) is 0 Å². The summed E-state index contributed by atoms with van der Waals surface area (Å²) in [5, 5.41) is 6.75. The molecule has 1 N–H and O–H groups in total. The first-order chi connectivity index (χ1) is 8.36. The van der Waals surface area contributed by atoms with E-state index in [1.807, 2.05) is 4.90 Å². The number of aromatic nitrogens is 2. The third kappa shape index (κ3) is 3.79. The first kappa shape index (κ1) is 12.0. The Morgan fingerprint density at radius 1 is 1.47 bits per heavy atom. The van der Waals surface area contributed by atoms with Crippen LogP contribution >= 0.6 is 0 Å². The molecule has 0 aromatic carbocycles. The molecule has 2 rings (SSSR count). The number of hydrogen-bond acceptors (Lipinski definition) is 6. The van der Waals surface area contributed by atoms with Crippen molar-refractivity contribution in [2.24, 2.45) is 0 Å². The Labute approximate surface area is 99.1 Å². The molecule has 0 saturated carbocycles. The Morgan fingerprint density at radius 3 is 3.00 bits per heavy atom. The molecule has 0 radical (unpaired) electrons. The highest BCUT2D eigenvalue weighted by molar-refractivity contribution is 5.78. The zero-order chi connectivity index (χ0) is 11.9. The van der Waals surface area contributed by atoms with Gasteiger partial charge in [-0.05, 0) is 0 Å². The molecular formula is C10H16N4O3. The third-order valence-electron chi connectivity index (χ3n) is 2.57. The minimum Gasteiger partial charge on any atom is -0.378 e. The van der Waals surface area contributed by atoms with E-state index in [1.54, 1.807) is 0 Å². The summed E-state index contributed by atoms with van der Waals surface area (Å²) in [4.78, 5) is 17.4. The zero-order valence-electron chi connectivity index (χ0n) is 9.59. The van der Waals surface area contributed by atoms with Crippen LogP contribution in [0.15, 0.2) is 10.9 Å². The number of nitrogens with zero attached hydrogens (tertiary/aromatic N) is 3. The normalized spacial score (nSPS) is 16.1. The standard InChI is InChI=1S/C10H16N4O3/c15-10(14-3-5-16-6-4-14)7-11-2-1-9-12-8-17-13-9/h8,11H,1-7H2. The number of carbonyl (C=O) groups excluding carboxylic acids is 1.